The van der Waals surface area contributed by atoms with E-state index in [1.54, 1.807) is 19.1 Å². The number of halogens is 3. The molecule has 0 aliphatic heterocycles. The second kappa shape index (κ2) is 7.03. The Hall–Kier alpha value is -3.15. The summed E-state index contributed by atoms with van der Waals surface area (Å²) in [7, 11) is -3.32. The van der Waals surface area contributed by atoms with Gasteiger partial charge in [-0.15, -0.1) is 0 Å². The molecule has 0 aliphatic rings. The minimum absolute atomic E-state index is 0.0944. The van der Waals surface area contributed by atoms with Crippen LogP contribution in [0.3, 0.4) is 0 Å². The number of nitrogen functional groups attached to an aromatic ring is 1. The van der Waals surface area contributed by atoms with Crippen LogP contribution in [0, 0.1) is 13.8 Å². The molecule has 1 aromatic carbocycles. The van der Waals surface area contributed by atoms with Gasteiger partial charge in [0.25, 0.3) is 0 Å². The minimum atomic E-state index is -4.65. The number of sulfone groups is 1. The lowest BCUT2D eigenvalue weighted by Gasteiger charge is -2.13. The zero-order valence-corrected chi connectivity index (χ0v) is 16.4. The van der Waals surface area contributed by atoms with E-state index >= 15 is 0 Å². The highest BCUT2D eigenvalue weighted by Crippen LogP contribution is 2.35. The molecule has 3 N–H and O–H groups in total. The summed E-state index contributed by atoms with van der Waals surface area (Å²) < 4.78 is 63.7. The summed E-state index contributed by atoms with van der Waals surface area (Å²) in [4.78, 5) is 7.70. The Labute approximate surface area is 164 Å². The second-order valence-corrected chi connectivity index (χ2v) is 8.35. The fourth-order valence-electron chi connectivity index (χ4n) is 2.75. The van der Waals surface area contributed by atoms with Gasteiger partial charge in [0.1, 0.15) is 11.4 Å². The number of benzene rings is 1. The van der Waals surface area contributed by atoms with E-state index in [4.69, 9.17) is 5.73 Å². The van der Waals surface area contributed by atoms with Gasteiger partial charge in [-0.3, -0.25) is 0 Å². The van der Waals surface area contributed by atoms with Gasteiger partial charge in [0, 0.05) is 6.26 Å². The summed E-state index contributed by atoms with van der Waals surface area (Å²) in [6, 6.07) is 6.11. The quantitative estimate of drug-likeness (QED) is 0.659. The first-order valence-electron chi connectivity index (χ1n) is 8.21. The molecule has 0 radical (unpaired) electrons. The molecule has 0 fully saturated rings. The number of aromatic nitrogens is 4. The molecular formula is C17H17F3N6O2S. The molecular weight excluding hydrogens is 409 g/mol. The number of nitrogens with one attached hydrogen (secondary N) is 1. The lowest BCUT2D eigenvalue weighted by Crippen LogP contribution is -2.15. The number of rotatable bonds is 4. The lowest BCUT2D eigenvalue weighted by atomic mass is 10.2. The van der Waals surface area contributed by atoms with Crippen LogP contribution in [0.4, 0.5) is 30.6 Å². The lowest BCUT2D eigenvalue weighted by molar-refractivity contribution is -0.137. The number of nitrogens with zero attached hydrogens (tertiary/aromatic N) is 4. The van der Waals surface area contributed by atoms with E-state index in [0.717, 1.165) is 6.26 Å². The number of nitrogens with two attached hydrogens (primary N) is 1. The van der Waals surface area contributed by atoms with Gasteiger partial charge < -0.3 is 11.1 Å². The Kier molecular flexibility index (Phi) is 4.99. The monoisotopic (exact) mass is 426 g/mol. The molecule has 8 nitrogen and oxygen atoms in total. The van der Waals surface area contributed by atoms with Crippen molar-refractivity contribution in [2.45, 2.75) is 24.9 Å². The predicted octanol–water partition coefficient (Wildman–Crippen LogP) is 3.03. The van der Waals surface area contributed by atoms with Gasteiger partial charge in [-0.1, -0.05) is 0 Å². The SMILES string of the molecule is Cc1nc(Nc2cnn(-c3ccc(S(C)(=O)=O)cc3)c2C)nc(N)c1C(F)(F)F. The number of hydrogen-bond acceptors (Lipinski definition) is 7. The molecule has 0 saturated carbocycles. The standard InChI is InChI=1S/C17H17F3N6O2S/c1-9-14(17(18,19)20)15(21)25-16(23-9)24-13-8-22-26(10(13)2)11-4-6-12(7-5-11)29(3,27)28/h4-8H,1-3H3,(H3,21,23,24,25). The van der Waals surface area contributed by atoms with Crippen molar-refractivity contribution >= 4 is 27.3 Å². The zero-order chi connectivity index (χ0) is 21.6. The van der Waals surface area contributed by atoms with Crippen molar-refractivity contribution in [2.24, 2.45) is 0 Å². The van der Waals surface area contributed by atoms with E-state index in [1.807, 2.05) is 0 Å². The van der Waals surface area contributed by atoms with E-state index in [2.05, 4.69) is 20.4 Å². The van der Waals surface area contributed by atoms with Crippen molar-refractivity contribution < 1.29 is 21.6 Å². The predicted molar refractivity (Wildman–Crippen MR) is 101 cm³/mol. The Balaban J connectivity index is 1.91. The summed E-state index contributed by atoms with van der Waals surface area (Å²) in [6.07, 6.45) is -2.08. The molecule has 0 unspecified atom stereocenters. The highest BCUT2D eigenvalue weighted by Gasteiger charge is 2.36. The Morgan fingerprint density at radius 2 is 1.72 bits per heavy atom. The fourth-order valence-corrected chi connectivity index (χ4v) is 3.38. The van der Waals surface area contributed by atoms with E-state index in [0.29, 0.717) is 17.1 Å². The molecule has 2 aromatic heterocycles. The van der Waals surface area contributed by atoms with Crippen LogP contribution in [0.25, 0.3) is 5.69 Å². The third-order valence-electron chi connectivity index (χ3n) is 4.17. The molecule has 29 heavy (non-hydrogen) atoms. The van der Waals surface area contributed by atoms with E-state index in [9.17, 15) is 21.6 Å². The van der Waals surface area contributed by atoms with Gasteiger partial charge in [0.05, 0.1) is 33.9 Å². The molecule has 0 amide bonds. The summed E-state index contributed by atoms with van der Waals surface area (Å²) in [5.74, 6) is -0.767. The molecule has 0 aliphatic carbocycles. The Morgan fingerprint density at radius 3 is 2.24 bits per heavy atom. The van der Waals surface area contributed by atoms with Crippen LogP contribution in [-0.4, -0.2) is 34.4 Å². The molecule has 154 valence electrons. The van der Waals surface area contributed by atoms with Crippen molar-refractivity contribution in [3.8, 4) is 5.69 Å². The van der Waals surface area contributed by atoms with Gasteiger partial charge in [0.15, 0.2) is 9.84 Å². The molecule has 3 aromatic rings. The summed E-state index contributed by atoms with van der Waals surface area (Å²) in [6.45, 7) is 2.92. The zero-order valence-electron chi connectivity index (χ0n) is 15.6. The van der Waals surface area contributed by atoms with Crippen molar-refractivity contribution in [1.29, 1.82) is 0 Å². The molecule has 0 spiro atoms. The molecule has 3 rings (SSSR count). The van der Waals surface area contributed by atoms with Crippen LogP contribution < -0.4 is 11.1 Å². The Morgan fingerprint density at radius 1 is 1.10 bits per heavy atom. The largest absolute Gasteiger partial charge is 0.421 e. The van der Waals surface area contributed by atoms with Crippen LogP contribution in [-0.2, 0) is 16.0 Å². The Bertz CT molecular complexity index is 1150. The van der Waals surface area contributed by atoms with E-state index in [-0.39, 0.29) is 16.5 Å². The van der Waals surface area contributed by atoms with Crippen molar-refractivity contribution in [3.05, 3.63) is 47.4 Å². The summed E-state index contributed by atoms with van der Waals surface area (Å²) in [5.41, 5.74) is 5.77. The molecule has 0 saturated heterocycles. The number of aryl methyl sites for hydroxylation is 1. The van der Waals surface area contributed by atoms with Gasteiger partial charge >= 0.3 is 6.18 Å². The van der Waals surface area contributed by atoms with Crippen LogP contribution in [0.1, 0.15) is 17.0 Å². The smallest absolute Gasteiger partial charge is 0.383 e. The van der Waals surface area contributed by atoms with Crippen molar-refractivity contribution in [3.63, 3.8) is 0 Å². The first kappa shape index (κ1) is 20.6. The molecule has 12 heteroatoms. The third kappa shape index (κ3) is 4.16. The highest BCUT2D eigenvalue weighted by molar-refractivity contribution is 7.90. The maximum absolute atomic E-state index is 13.0. The summed E-state index contributed by atoms with van der Waals surface area (Å²) in [5, 5.41) is 7.02. The number of hydrogen-bond donors (Lipinski definition) is 2. The molecule has 0 bridgehead atoms. The van der Waals surface area contributed by atoms with Gasteiger partial charge in [-0.2, -0.15) is 23.3 Å². The van der Waals surface area contributed by atoms with Crippen molar-refractivity contribution in [1.82, 2.24) is 19.7 Å². The fraction of sp³-hybridized carbons (Fsp3) is 0.235. The first-order valence-corrected chi connectivity index (χ1v) is 10.1. The second-order valence-electron chi connectivity index (χ2n) is 6.34. The maximum atomic E-state index is 13.0. The van der Waals surface area contributed by atoms with E-state index < -0.39 is 27.4 Å². The van der Waals surface area contributed by atoms with Crippen molar-refractivity contribution in [2.75, 3.05) is 17.3 Å². The third-order valence-corrected chi connectivity index (χ3v) is 5.30. The minimum Gasteiger partial charge on any atom is -0.383 e. The normalized spacial score (nSPS) is 12.2. The molecule has 2 heterocycles. The highest BCUT2D eigenvalue weighted by atomic mass is 32.2. The number of alkyl halides is 3. The van der Waals surface area contributed by atoms with Crippen LogP contribution in [0.15, 0.2) is 35.4 Å². The topological polar surface area (TPSA) is 116 Å². The summed E-state index contributed by atoms with van der Waals surface area (Å²) >= 11 is 0. The van der Waals surface area contributed by atoms with Gasteiger partial charge in [-0.25, -0.2) is 18.1 Å². The number of anilines is 3. The maximum Gasteiger partial charge on any atom is 0.421 e. The van der Waals surface area contributed by atoms with Crippen LogP contribution in [0.2, 0.25) is 0 Å². The first-order chi connectivity index (χ1) is 13.4. The van der Waals surface area contributed by atoms with Gasteiger partial charge in [0.2, 0.25) is 5.95 Å². The van der Waals surface area contributed by atoms with Crippen LogP contribution >= 0.6 is 0 Å². The molecule has 0 atom stereocenters. The van der Waals surface area contributed by atoms with Gasteiger partial charge in [-0.05, 0) is 38.1 Å². The van der Waals surface area contributed by atoms with E-state index in [1.165, 1.54) is 29.9 Å². The average molecular weight is 426 g/mol. The average Bonchev–Trinajstić information content (AvgIpc) is 2.93. The van der Waals surface area contributed by atoms with Crippen LogP contribution in [0.5, 0.6) is 0 Å².